The van der Waals surface area contributed by atoms with Crippen LogP contribution in [0, 0.1) is 20.8 Å². The van der Waals surface area contributed by atoms with E-state index in [1.165, 1.54) is 0 Å². The molecule has 1 aliphatic heterocycles. The van der Waals surface area contributed by atoms with Gasteiger partial charge in [0.15, 0.2) is 0 Å². The molecule has 1 aliphatic rings. The average molecular weight is 473 g/mol. The van der Waals surface area contributed by atoms with Gasteiger partial charge in [0.1, 0.15) is 11.5 Å². The molecule has 0 saturated carbocycles. The van der Waals surface area contributed by atoms with Crippen LogP contribution < -0.4 is 4.74 Å². The zero-order valence-corrected chi connectivity index (χ0v) is 20.4. The highest BCUT2D eigenvalue weighted by Crippen LogP contribution is 2.39. The highest BCUT2D eigenvalue weighted by atomic mass is 32.2. The van der Waals surface area contributed by atoms with Crippen LogP contribution in [0.5, 0.6) is 11.5 Å². The summed E-state index contributed by atoms with van der Waals surface area (Å²) in [5, 5.41) is 0. The summed E-state index contributed by atoms with van der Waals surface area (Å²) < 4.78 is 38.1. The maximum Gasteiger partial charge on any atom is 0.244 e. The fourth-order valence-electron chi connectivity index (χ4n) is 5.02. The molecule has 1 atom stereocenters. The third-order valence-electron chi connectivity index (χ3n) is 6.32. The number of hydrogen-bond donors (Lipinski definition) is 0. The minimum Gasteiger partial charge on any atom is -0.457 e. The van der Waals surface area contributed by atoms with Crippen LogP contribution >= 0.6 is 0 Å². The Morgan fingerprint density at radius 1 is 0.794 bits per heavy atom. The van der Waals surface area contributed by atoms with Gasteiger partial charge in [-0.2, -0.15) is 4.31 Å². The van der Waals surface area contributed by atoms with Gasteiger partial charge < -0.3 is 9.30 Å². The normalized spacial score (nSPS) is 16.3. The van der Waals surface area contributed by atoms with E-state index in [1.54, 1.807) is 4.31 Å². The van der Waals surface area contributed by atoms with Gasteiger partial charge >= 0.3 is 0 Å². The third kappa shape index (κ3) is 4.04. The Bertz CT molecular complexity index is 1420. The molecule has 0 radical (unpaired) electrons. The van der Waals surface area contributed by atoms with Crippen molar-refractivity contribution in [2.24, 2.45) is 0 Å². The van der Waals surface area contributed by atoms with E-state index in [1.807, 2.05) is 106 Å². The summed E-state index contributed by atoms with van der Waals surface area (Å²) in [5.41, 5.74) is 4.44. The standard InChI is InChI=1S/C28H28N2O3S/c1-20-17-21(2)28(22(3)18-20)34(31,32)30-16-15-29-14-8-13-26(29)27(30)23-9-7-12-25(19-23)33-24-10-5-4-6-11-24/h4-14,17-19,27H,15-16H2,1-3H3. The molecule has 1 unspecified atom stereocenters. The number of aryl methyl sites for hydroxylation is 3. The van der Waals surface area contributed by atoms with Crippen molar-refractivity contribution in [1.82, 2.24) is 8.87 Å². The minimum atomic E-state index is -3.75. The van der Waals surface area contributed by atoms with Crippen LogP contribution in [0.25, 0.3) is 0 Å². The van der Waals surface area contributed by atoms with Gasteiger partial charge in [-0.25, -0.2) is 8.42 Å². The molecule has 0 fully saturated rings. The lowest BCUT2D eigenvalue weighted by atomic mass is 10.0. The summed E-state index contributed by atoms with van der Waals surface area (Å²) in [4.78, 5) is 0.403. The van der Waals surface area contributed by atoms with E-state index >= 15 is 0 Å². The minimum absolute atomic E-state index is 0.394. The van der Waals surface area contributed by atoms with Crippen molar-refractivity contribution >= 4 is 10.0 Å². The van der Waals surface area contributed by atoms with E-state index in [-0.39, 0.29) is 0 Å². The first-order valence-electron chi connectivity index (χ1n) is 11.4. The van der Waals surface area contributed by atoms with Crippen molar-refractivity contribution in [2.75, 3.05) is 6.54 Å². The topological polar surface area (TPSA) is 51.5 Å². The molecule has 5 nitrogen and oxygen atoms in total. The monoisotopic (exact) mass is 472 g/mol. The average Bonchev–Trinajstić information content (AvgIpc) is 3.27. The molecule has 34 heavy (non-hydrogen) atoms. The molecule has 0 amide bonds. The molecule has 174 valence electrons. The molecule has 3 aromatic carbocycles. The summed E-state index contributed by atoms with van der Waals surface area (Å²) >= 11 is 0. The van der Waals surface area contributed by atoms with Crippen molar-refractivity contribution in [3.05, 3.63) is 113 Å². The summed E-state index contributed by atoms with van der Waals surface area (Å²) in [5.74, 6) is 1.41. The molecule has 2 heterocycles. The van der Waals surface area contributed by atoms with Gasteiger partial charge in [0.2, 0.25) is 10.0 Å². The van der Waals surface area contributed by atoms with Gasteiger partial charge in [-0.3, -0.25) is 0 Å². The summed E-state index contributed by atoms with van der Waals surface area (Å²) in [6, 6.07) is 24.7. The van der Waals surface area contributed by atoms with Crippen LogP contribution in [0.1, 0.15) is 34.0 Å². The number of sulfonamides is 1. The van der Waals surface area contributed by atoms with E-state index in [0.717, 1.165) is 33.7 Å². The van der Waals surface area contributed by atoms with Crippen molar-refractivity contribution in [1.29, 1.82) is 0 Å². The molecule has 6 heteroatoms. The number of rotatable bonds is 5. The Labute approximate surface area is 201 Å². The number of para-hydroxylation sites is 1. The molecule has 0 aliphatic carbocycles. The first-order valence-corrected chi connectivity index (χ1v) is 12.9. The largest absolute Gasteiger partial charge is 0.457 e. The molecule has 0 saturated heterocycles. The van der Waals surface area contributed by atoms with E-state index < -0.39 is 16.1 Å². The fraction of sp³-hybridized carbons (Fsp3) is 0.214. The van der Waals surface area contributed by atoms with Gasteiger partial charge in [-0.15, -0.1) is 0 Å². The lowest BCUT2D eigenvalue weighted by Gasteiger charge is -2.37. The molecule has 5 rings (SSSR count). The van der Waals surface area contributed by atoms with Gasteiger partial charge in [-0.05, 0) is 73.9 Å². The Kier molecular flexibility index (Phi) is 5.80. The molecule has 0 spiro atoms. The highest BCUT2D eigenvalue weighted by Gasteiger charge is 2.39. The maximum absolute atomic E-state index is 14.1. The van der Waals surface area contributed by atoms with Crippen LogP contribution in [0.2, 0.25) is 0 Å². The quantitative estimate of drug-likeness (QED) is 0.358. The third-order valence-corrected chi connectivity index (χ3v) is 8.49. The molecule has 1 aromatic heterocycles. The smallest absolute Gasteiger partial charge is 0.244 e. The molecule has 4 aromatic rings. The van der Waals surface area contributed by atoms with E-state index in [0.29, 0.717) is 23.7 Å². The molecule has 0 bridgehead atoms. The molecular formula is C28H28N2O3S. The number of ether oxygens (including phenoxy) is 1. The van der Waals surface area contributed by atoms with Crippen molar-refractivity contribution < 1.29 is 13.2 Å². The Balaban J connectivity index is 1.61. The predicted octanol–water partition coefficient (Wildman–Crippen LogP) is 6.00. The first kappa shape index (κ1) is 22.4. The number of hydrogen-bond acceptors (Lipinski definition) is 3. The van der Waals surface area contributed by atoms with E-state index in [9.17, 15) is 8.42 Å². The van der Waals surface area contributed by atoms with Gasteiger partial charge in [0.05, 0.1) is 10.9 Å². The SMILES string of the molecule is Cc1cc(C)c(S(=O)(=O)N2CCn3cccc3C2c2cccc(Oc3ccccc3)c2)c(C)c1. The van der Waals surface area contributed by atoms with Crippen molar-refractivity contribution in [2.45, 2.75) is 38.3 Å². The van der Waals surface area contributed by atoms with Crippen LogP contribution in [0.3, 0.4) is 0 Å². The van der Waals surface area contributed by atoms with Gasteiger partial charge in [-0.1, -0.05) is 48.0 Å². The zero-order chi connectivity index (χ0) is 23.9. The van der Waals surface area contributed by atoms with Crippen molar-refractivity contribution in [3.8, 4) is 11.5 Å². The lowest BCUT2D eigenvalue weighted by Crippen LogP contribution is -2.42. The van der Waals surface area contributed by atoms with Crippen molar-refractivity contribution in [3.63, 3.8) is 0 Å². The Morgan fingerprint density at radius 3 is 2.24 bits per heavy atom. The van der Waals surface area contributed by atoms with Gasteiger partial charge in [0, 0.05) is 25.0 Å². The number of fused-ring (bicyclic) bond motifs is 1. The molecule has 0 N–H and O–H groups in total. The first-order chi connectivity index (χ1) is 16.3. The number of benzene rings is 3. The fourth-order valence-corrected chi connectivity index (χ4v) is 7.02. The molecular weight excluding hydrogens is 444 g/mol. The summed E-state index contributed by atoms with van der Waals surface area (Å²) in [6.45, 7) is 6.75. The maximum atomic E-state index is 14.1. The van der Waals surface area contributed by atoms with Crippen LogP contribution in [0.15, 0.2) is 90.0 Å². The van der Waals surface area contributed by atoms with Crippen LogP contribution in [0.4, 0.5) is 0 Å². The van der Waals surface area contributed by atoms with E-state index in [4.69, 9.17) is 4.74 Å². The second kappa shape index (κ2) is 8.78. The van der Waals surface area contributed by atoms with Crippen LogP contribution in [-0.4, -0.2) is 23.8 Å². The van der Waals surface area contributed by atoms with Crippen LogP contribution in [-0.2, 0) is 16.6 Å². The summed E-state index contributed by atoms with van der Waals surface area (Å²) in [6.07, 6.45) is 2.01. The number of nitrogens with zero attached hydrogens (tertiary/aromatic N) is 2. The Morgan fingerprint density at radius 2 is 1.50 bits per heavy atom. The number of aromatic nitrogens is 1. The Hall–Kier alpha value is -3.35. The van der Waals surface area contributed by atoms with Gasteiger partial charge in [0.25, 0.3) is 0 Å². The summed E-state index contributed by atoms with van der Waals surface area (Å²) in [7, 11) is -3.75. The predicted molar refractivity (Wildman–Crippen MR) is 134 cm³/mol. The second-order valence-corrected chi connectivity index (χ2v) is 10.7. The zero-order valence-electron chi connectivity index (χ0n) is 19.6. The lowest BCUT2D eigenvalue weighted by molar-refractivity contribution is 0.297. The van der Waals surface area contributed by atoms with E-state index in [2.05, 4.69) is 4.57 Å². The second-order valence-electron chi connectivity index (χ2n) is 8.86. The highest BCUT2D eigenvalue weighted by molar-refractivity contribution is 7.89.